The van der Waals surface area contributed by atoms with E-state index in [0.29, 0.717) is 29.2 Å². The Morgan fingerprint density at radius 3 is 2.77 bits per heavy atom. The fourth-order valence-corrected chi connectivity index (χ4v) is 3.72. The fourth-order valence-electron chi connectivity index (χ4n) is 3.72. The Morgan fingerprint density at radius 2 is 1.92 bits per heavy atom. The van der Waals surface area contributed by atoms with Gasteiger partial charge in [-0.3, -0.25) is 9.59 Å². The van der Waals surface area contributed by atoms with Crippen molar-refractivity contribution < 1.29 is 14.3 Å². The second-order valence-electron chi connectivity index (χ2n) is 6.82. The molecule has 2 aliphatic rings. The molecule has 0 spiro atoms. The summed E-state index contributed by atoms with van der Waals surface area (Å²) in [7, 11) is 0. The Bertz CT molecular complexity index is 819. The van der Waals surface area contributed by atoms with E-state index in [2.05, 4.69) is 5.32 Å². The molecule has 0 radical (unpaired) electrons. The number of anilines is 1. The van der Waals surface area contributed by atoms with Crippen LogP contribution >= 0.6 is 0 Å². The van der Waals surface area contributed by atoms with Crippen molar-refractivity contribution in [3.05, 3.63) is 59.7 Å². The van der Waals surface area contributed by atoms with Crippen molar-refractivity contribution in [3.63, 3.8) is 0 Å². The van der Waals surface area contributed by atoms with Crippen LogP contribution in [0.25, 0.3) is 0 Å². The van der Waals surface area contributed by atoms with Crippen molar-refractivity contribution in [1.82, 2.24) is 4.90 Å². The smallest absolute Gasteiger partial charge is 0.257 e. The normalized spacial score (nSPS) is 19.5. The van der Waals surface area contributed by atoms with Crippen LogP contribution in [0.1, 0.15) is 46.4 Å². The van der Waals surface area contributed by atoms with E-state index in [1.54, 1.807) is 30.3 Å². The first-order chi connectivity index (χ1) is 12.7. The summed E-state index contributed by atoms with van der Waals surface area (Å²) < 4.78 is 5.83. The Balaban J connectivity index is 1.60. The van der Waals surface area contributed by atoms with Gasteiger partial charge >= 0.3 is 0 Å². The van der Waals surface area contributed by atoms with E-state index in [-0.39, 0.29) is 17.9 Å². The number of piperidine rings is 1. The molecule has 4 rings (SSSR count). The van der Waals surface area contributed by atoms with Crippen molar-refractivity contribution in [1.29, 1.82) is 0 Å². The zero-order chi connectivity index (χ0) is 17.9. The van der Waals surface area contributed by atoms with Gasteiger partial charge in [-0.05, 0) is 49.6 Å². The second-order valence-corrected chi connectivity index (χ2v) is 6.82. The minimum Gasteiger partial charge on any atom is -0.493 e. The molecule has 2 aliphatic heterocycles. The molecule has 2 heterocycles. The Hall–Kier alpha value is -2.82. The number of carbonyl (C=O) groups excluding carboxylic acids is 2. The molecule has 0 saturated carbocycles. The molecule has 1 saturated heterocycles. The maximum absolute atomic E-state index is 13.1. The van der Waals surface area contributed by atoms with E-state index >= 15 is 0 Å². The fraction of sp³-hybridized carbons (Fsp3) is 0.333. The molecule has 1 unspecified atom stereocenters. The van der Waals surface area contributed by atoms with Crippen LogP contribution in [0.3, 0.4) is 0 Å². The number of fused-ring (bicyclic) bond motifs is 2. The van der Waals surface area contributed by atoms with Crippen LogP contribution in [0, 0.1) is 0 Å². The third-order valence-electron chi connectivity index (χ3n) is 5.10. The van der Waals surface area contributed by atoms with Gasteiger partial charge in [0, 0.05) is 30.3 Å². The van der Waals surface area contributed by atoms with Gasteiger partial charge in [-0.25, -0.2) is 0 Å². The van der Waals surface area contributed by atoms with E-state index < -0.39 is 0 Å². The van der Waals surface area contributed by atoms with Crippen LogP contribution in [-0.4, -0.2) is 35.9 Å². The average Bonchev–Trinajstić information content (AvgIpc) is 2.68. The molecule has 134 valence electrons. The minimum absolute atomic E-state index is 0.000195. The van der Waals surface area contributed by atoms with Crippen LogP contribution in [0.4, 0.5) is 5.69 Å². The molecule has 1 fully saturated rings. The number of rotatable bonds is 2. The van der Waals surface area contributed by atoms with Crippen molar-refractivity contribution in [2.75, 3.05) is 18.5 Å². The SMILES string of the molecule is O=C(Nc1ccc2c(c1)C(=O)N1CCCCC1CCO2)c1ccccc1. The molecule has 0 bridgehead atoms. The van der Waals surface area contributed by atoms with E-state index in [1.807, 2.05) is 23.1 Å². The Morgan fingerprint density at radius 1 is 1.08 bits per heavy atom. The van der Waals surface area contributed by atoms with Gasteiger partial charge < -0.3 is 15.0 Å². The summed E-state index contributed by atoms with van der Waals surface area (Å²) in [6.07, 6.45) is 4.11. The summed E-state index contributed by atoms with van der Waals surface area (Å²) in [5, 5.41) is 2.87. The summed E-state index contributed by atoms with van der Waals surface area (Å²) in [4.78, 5) is 27.4. The number of hydrogen-bond donors (Lipinski definition) is 1. The number of ether oxygens (including phenoxy) is 1. The summed E-state index contributed by atoms with van der Waals surface area (Å²) >= 11 is 0. The maximum Gasteiger partial charge on any atom is 0.257 e. The molecule has 5 heteroatoms. The predicted molar refractivity (Wildman–Crippen MR) is 99.6 cm³/mol. The molecule has 2 aromatic rings. The maximum atomic E-state index is 13.1. The van der Waals surface area contributed by atoms with Crippen LogP contribution < -0.4 is 10.1 Å². The zero-order valence-electron chi connectivity index (χ0n) is 14.6. The first-order valence-electron chi connectivity index (χ1n) is 9.16. The topological polar surface area (TPSA) is 58.6 Å². The quantitative estimate of drug-likeness (QED) is 0.898. The predicted octanol–water partition coefficient (Wildman–Crippen LogP) is 3.72. The number of carbonyl (C=O) groups is 2. The molecule has 2 aromatic carbocycles. The highest BCUT2D eigenvalue weighted by Gasteiger charge is 2.31. The molecular weight excluding hydrogens is 328 g/mol. The van der Waals surface area contributed by atoms with E-state index in [9.17, 15) is 9.59 Å². The van der Waals surface area contributed by atoms with Gasteiger partial charge in [0.1, 0.15) is 5.75 Å². The standard InChI is InChI=1S/C21H22N2O3/c24-20(15-6-2-1-3-7-15)22-16-9-10-19-18(14-16)21(25)23-12-5-4-8-17(23)11-13-26-19/h1-3,6-7,9-10,14,17H,4-5,8,11-13H2,(H,22,24). The van der Waals surface area contributed by atoms with Gasteiger partial charge in [0.25, 0.3) is 11.8 Å². The lowest BCUT2D eigenvalue weighted by Crippen LogP contribution is -2.45. The van der Waals surface area contributed by atoms with E-state index in [4.69, 9.17) is 4.74 Å². The number of nitrogens with one attached hydrogen (secondary N) is 1. The highest BCUT2D eigenvalue weighted by atomic mass is 16.5. The average molecular weight is 350 g/mol. The highest BCUT2D eigenvalue weighted by Crippen LogP contribution is 2.31. The largest absolute Gasteiger partial charge is 0.493 e. The Labute approximate surface area is 153 Å². The van der Waals surface area contributed by atoms with Crippen LogP contribution in [0.2, 0.25) is 0 Å². The van der Waals surface area contributed by atoms with Gasteiger partial charge in [-0.1, -0.05) is 18.2 Å². The third-order valence-corrected chi connectivity index (χ3v) is 5.10. The van der Waals surface area contributed by atoms with Gasteiger partial charge in [0.05, 0.1) is 12.2 Å². The summed E-state index contributed by atoms with van der Waals surface area (Å²) in [6.45, 7) is 1.40. The molecule has 1 atom stereocenters. The van der Waals surface area contributed by atoms with Gasteiger partial charge in [-0.2, -0.15) is 0 Å². The lowest BCUT2D eigenvalue weighted by atomic mass is 9.97. The highest BCUT2D eigenvalue weighted by molar-refractivity contribution is 6.05. The van der Waals surface area contributed by atoms with Gasteiger partial charge in [-0.15, -0.1) is 0 Å². The summed E-state index contributed by atoms with van der Waals surface area (Å²) in [5.74, 6) is 0.401. The molecule has 0 aromatic heterocycles. The number of hydrogen-bond acceptors (Lipinski definition) is 3. The molecule has 5 nitrogen and oxygen atoms in total. The zero-order valence-corrected chi connectivity index (χ0v) is 14.6. The molecule has 0 aliphatic carbocycles. The second kappa shape index (κ2) is 7.20. The summed E-state index contributed by atoms with van der Waals surface area (Å²) in [5.41, 5.74) is 1.71. The minimum atomic E-state index is -0.194. The van der Waals surface area contributed by atoms with Gasteiger partial charge in [0.2, 0.25) is 0 Å². The van der Waals surface area contributed by atoms with Gasteiger partial charge in [0.15, 0.2) is 0 Å². The van der Waals surface area contributed by atoms with Crippen molar-refractivity contribution in [2.45, 2.75) is 31.7 Å². The number of amides is 2. The molecule has 2 amide bonds. The first kappa shape index (κ1) is 16.6. The van der Waals surface area contributed by atoms with Crippen molar-refractivity contribution in [2.24, 2.45) is 0 Å². The molecule has 26 heavy (non-hydrogen) atoms. The van der Waals surface area contributed by atoms with Crippen LogP contribution in [0.5, 0.6) is 5.75 Å². The first-order valence-corrected chi connectivity index (χ1v) is 9.16. The molecular formula is C21H22N2O3. The van der Waals surface area contributed by atoms with E-state index in [1.165, 1.54) is 0 Å². The van der Waals surface area contributed by atoms with Crippen LogP contribution in [0.15, 0.2) is 48.5 Å². The lowest BCUT2D eigenvalue weighted by Gasteiger charge is -2.37. The lowest BCUT2D eigenvalue weighted by molar-refractivity contribution is 0.0548. The summed E-state index contributed by atoms with van der Waals surface area (Å²) in [6, 6.07) is 14.6. The van der Waals surface area contributed by atoms with E-state index in [0.717, 1.165) is 32.2 Å². The monoisotopic (exact) mass is 350 g/mol. The third kappa shape index (κ3) is 3.29. The number of benzene rings is 2. The Kier molecular flexibility index (Phi) is 4.61. The van der Waals surface area contributed by atoms with Crippen molar-refractivity contribution in [3.8, 4) is 5.75 Å². The number of nitrogens with zero attached hydrogens (tertiary/aromatic N) is 1. The van der Waals surface area contributed by atoms with Crippen LogP contribution in [-0.2, 0) is 0 Å². The van der Waals surface area contributed by atoms with Crippen molar-refractivity contribution >= 4 is 17.5 Å². The molecule has 1 N–H and O–H groups in total.